The van der Waals surface area contributed by atoms with Gasteiger partial charge in [0, 0.05) is 24.2 Å². The largest absolute Gasteiger partial charge is 0.370 e. The minimum Gasteiger partial charge on any atom is -0.370 e. The first-order valence-corrected chi connectivity index (χ1v) is 5.50. The second kappa shape index (κ2) is 6.26. The average molecular weight is 210 g/mol. The third kappa shape index (κ3) is 4.71. The van der Waals surface area contributed by atoms with Crippen LogP contribution in [0.2, 0.25) is 0 Å². The van der Waals surface area contributed by atoms with Crippen LogP contribution in [-0.4, -0.2) is 23.2 Å². The first-order chi connectivity index (χ1) is 6.79. The minimum absolute atomic E-state index is 0.0310. The highest BCUT2D eigenvalue weighted by molar-refractivity contribution is 7.98. The maximum atomic E-state index is 6.94. The van der Waals surface area contributed by atoms with E-state index >= 15 is 0 Å². The van der Waals surface area contributed by atoms with Crippen LogP contribution in [0.1, 0.15) is 5.69 Å². The Kier molecular flexibility index (Phi) is 4.85. The zero-order chi connectivity index (χ0) is 10.2. The van der Waals surface area contributed by atoms with E-state index in [4.69, 9.17) is 11.1 Å². The average Bonchev–Trinajstić information content (AvgIpc) is 2.18. The van der Waals surface area contributed by atoms with Crippen LogP contribution in [0.4, 0.5) is 0 Å². The molecule has 0 saturated carbocycles. The molecule has 0 aliphatic heterocycles. The van der Waals surface area contributed by atoms with Crippen molar-refractivity contribution in [3.63, 3.8) is 0 Å². The van der Waals surface area contributed by atoms with Crippen LogP contribution >= 0.6 is 11.8 Å². The van der Waals surface area contributed by atoms with Gasteiger partial charge in [-0.05, 0) is 12.1 Å². The number of nitrogens with zero attached hydrogens (tertiary/aromatic N) is 1. The molecule has 14 heavy (non-hydrogen) atoms. The van der Waals surface area contributed by atoms with Gasteiger partial charge in [-0.15, -0.1) is 0 Å². The van der Waals surface area contributed by atoms with Gasteiger partial charge in [0.15, 0.2) is 5.96 Å². The number of aromatic nitrogens is 1. The summed E-state index contributed by atoms with van der Waals surface area (Å²) in [6, 6.07) is 5.90. The summed E-state index contributed by atoms with van der Waals surface area (Å²) in [7, 11) is 0. The van der Waals surface area contributed by atoms with Crippen LogP contribution in [-0.2, 0) is 5.75 Å². The second-order valence-electron chi connectivity index (χ2n) is 2.71. The summed E-state index contributed by atoms with van der Waals surface area (Å²) < 4.78 is 0. The molecule has 0 spiro atoms. The number of pyridine rings is 1. The van der Waals surface area contributed by atoms with Crippen molar-refractivity contribution in [2.45, 2.75) is 5.75 Å². The first-order valence-electron chi connectivity index (χ1n) is 4.34. The molecule has 0 unspecified atom stereocenters. The molecule has 0 saturated heterocycles. The molecule has 0 bridgehead atoms. The third-order valence-electron chi connectivity index (χ3n) is 1.54. The van der Waals surface area contributed by atoms with E-state index in [-0.39, 0.29) is 5.96 Å². The number of guanidine groups is 1. The van der Waals surface area contributed by atoms with Crippen molar-refractivity contribution in [3.8, 4) is 0 Å². The van der Waals surface area contributed by atoms with Gasteiger partial charge in [-0.2, -0.15) is 11.8 Å². The minimum atomic E-state index is 0.0310. The molecule has 0 aromatic carbocycles. The third-order valence-corrected chi connectivity index (χ3v) is 2.53. The molecule has 0 atom stereocenters. The molecule has 4 N–H and O–H groups in total. The topological polar surface area (TPSA) is 74.8 Å². The number of hydrogen-bond acceptors (Lipinski definition) is 3. The SMILES string of the molecule is N=C(N)NCCSCc1ccccn1. The van der Waals surface area contributed by atoms with Crippen molar-refractivity contribution in [3.05, 3.63) is 30.1 Å². The lowest BCUT2D eigenvalue weighted by Gasteiger charge is -2.02. The summed E-state index contributed by atoms with van der Waals surface area (Å²) in [5.41, 5.74) is 6.22. The molecule has 0 fully saturated rings. The zero-order valence-corrected chi connectivity index (χ0v) is 8.68. The number of nitrogens with two attached hydrogens (primary N) is 1. The lowest BCUT2D eigenvalue weighted by Crippen LogP contribution is -2.31. The summed E-state index contributed by atoms with van der Waals surface area (Å²) in [5, 5.41) is 9.69. The molecule has 1 heterocycles. The van der Waals surface area contributed by atoms with Crippen LogP contribution in [0, 0.1) is 5.41 Å². The summed E-state index contributed by atoms with van der Waals surface area (Å²) >= 11 is 1.77. The van der Waals surface area contributed by atoms with Gasteiger partial charge in [-0.25, -0.2) is 0 Å². The highest BCUT2D eigenvalue weighted by atomic mass is 32.2. The molecule has 4 nitrogen and oxygen atoms in total. The van der Waals surface area contributed by atoms with Gasteiger partial charge in [0.2, 0.25) is 0 Å². The Balaban J connectivity index is 2.08. The van der Waals surface area contributed by atoms with Crippen LogP contribution in [0.5, 0.6) is 0 Å². The van der Waals surface area contributed by atoms with Crippen molar-refractivity contribution in [1.29, 1.82) is 5.41 Å². The van der Waals surface area contributed by atoms with Crippen molar-refractivity contribution in [2.24, 2.45) is 5.73 Å². The number of nitrogens with one attached hydrogen (secondary N) is 2. The van der Waals surface area contributed by atoms with E-state index in [1.165, 1.54) is 0 Å². The van der Waals surface area contributed by atoms with E-state index in [1.807, 2.05) is 18.2 Å². The van der Waals surface area contributed by atoms with E-state index in [1.54, 1.807) is 18.0 Å². The maximum Gasteiger partial charge on any atom is 0.185 e. The smallest absolute Gasteiger partial charge is 0.185 e. The van der Waals surface area contributed by atoms with E-state index in [9.17, 15) is 0 Å². The van der Waals surface area contributed by atoms with Gasteiger partial charge in [0.25, 0.3) is 0 Å². The van der Waals surface area contributed by atoms with Crippen molar-refractivity contribution in [1.82, 2.24) is 10.3 Å². The second-order valence-corrected chi connectivity index (χ2v) is 3.82. The van der Waals surface area contributed by atoms with E-state index in [0.717, 1.165) is 23.7 Å². The van der Waals surface area contributed by atoms with Crippen LogP contribution in [0.25, 0.3) is 0 Å². The van der Waals surface area contributed by atoms with Crippen LogP contribution < -0.4 is 11.1 Å². The Labute approximate surface area is 87.8 Å². The van der Waals surface area contributed by atoms with E-state index < -0.39 is 0 Å². The summed E-state index contributed by atoms with van der Waals surface area (Å²) in [4.78, 5) is 4.20. The van der Waals surface area contributed by atoms with Gasteiger partial charge < -0.3 is 11.1 Å². The van der Waals surface area contributed by atoms with Crippen molar-refractivity contribution in [2.75, 3.05) is 12.3 Å². The number of hydrogen-bond donors (Lipinski definition) is 3. The summed E-state index contributed by atoms with van der Waals surface area (Å²) in [6.07, 6.45) is 1.80. The Bertz CT molecular complexity index is 275. The van der Waals surface area contributed by atoms with Crippen LogP contribution in [0.3, 0.4) is 0 Å². The molecule has 0 aliphatic carbocycles. The fourth-order valence-electron chi connectivity index (χ4n) is 0.918. The standard InChI is InChI=1S/C9H14N4S/c10-9(11)13-5-6-14-7-8-3-1-2-4-12-8/h1-4H,5-7H2,(H4,10,11,13). The number of rotatable bonds is 5. The quantitative estimate of drug-likeness (QED) is 0.382. The predicted molar refractivity (Wildman–Crippen MR) is 60.3 cm³/mol. The van der Waals surface area contributed by atoms with Crippen LogP contribution in [0.15, 0.2) is 24.4 Å². The lowest BCUT2D eigenvalue weighted by molar-refractivity contribution is 0.954. The van der Waals surface area contributed by atoms with Gasteiger partial charge in [0.05, 0.1) is 5.69 Å². The highest BCUT2D eigenvalue weighted by Crippen LogP contribution is 2.07. The van der Waals surface area contributed by atoms with Gasteiger partial charge in [0.1, 0.15) is 0 Å². The molecule has 0 amide bonds. The van der Waals surface area contributed by atoms with E-state index in [0.29, 0.717) is 0 Å². The molecular weight excluding hydrogens is 196 g/mol. The summed E-state index contributed by atoms with van der Waals surface area (Å²) in [6.45, 7) is 0.729. The fraction of sp³-hybridized carbons (Fsp3) is 0.333. The highest BCUT2D eigenvalue weighted by Gasteiger charge is 1.93. The molecule has 0 aliphatic rings. The van der Waals surface area contributed by atoms with Gasteiger partial charge >= 0.3 is 0 Å². The van der Waals surface area contributed by atoms with Crippen molar-refractivity contribution < 1.29 is 0 Å². The number of thioether (sulfide) groups is 1. The normalized spacial score (nSPS) is 9.71. The Morgan fingerprint density at radius 1 is 1.57 bits per heavy atom. The van der Waals surface area contributed by atoms with Crippen molar-refractivity contribution >= 4 is 17.7 Å². The summed E-state index contributed by atoms with van der Waals surface area (Å²) in [5.74, 6) is 1.86. The van der Waals surface area contributed by atoms with Gasteiger partial charge in [-0.1, -0.05) is 6.07 Å². The predicted octanol–water partition coefficient (Wildman–Crippen LogP) is 0.798. The lowest BCUT2D eigenvalue weighted by atomic mass is 10.4. The molecular formula is C9H14N4S. The first kappa shape index (κ1) is 10.8. The molecule has 5 heteroatoms. The Morgan fingerprint density at radius 2 is 2.43 bits per heavy atom. The maximum absolute atomic E-state index is 6.94. The Hall–Kier alpha value is -1.23. The molecule has 1 aromatic heterocycles. The zero-order valence-electron chi connectivity index (χ0n) is 7.86. The monoisotopic (exact) mass is 210 g/mol. The molecule has 1 aromatic rings. The molecule has 76 valence electrons. The Morgan fingerprint density at radius 3 is 3.07 bits per heavy atom. The molecule has 0 radical (unpaired) electrons. The molecule has 1 rings (SSSR count). The van der Waals surface area contributed by atoms with Gasteiger partial charge in [-0.3, -0.25) is 10.4 Å². The van der Waals surface area contributed by atoms with E-state index in [2.05, 4.69) is 10.3 Å². The fourth-order valence-corrected chi connectivity index (χ4v) is 1.69.